The summed E-state index contributed by atoms with van der Waals surface area (Å²) in [6, 6.07) is 18.5. The highest BCUT2D eigenvalue weighted by atomic mass is 16.5. The minimum atomic E-state index is 0.0216. The molecule has 1 amide bonds. The largest absolute Gasteiger partial charge is 0.492 e. The molecular weight excluding hydrogens is 326 g/mol. The summed E-state index contributed by atoms with van der Waals surface area (Å²) in [7, 11) is 0. The lowest BCUT2D eigenvalue weighted by atomic mass is 9.97. The molecule has 1 fully saturated rings. The number of nitrogens with zero attached hydrogens (tertiary/aromatic N) is 1. The van der Waals surface area contributed by atoms with Crippen molar-refractivity contribution >= 4 is 5.91 Å². The SMILES string of the molecule is NN(CCOc1ccc(Cc2ccccc2)cc1)C(=O)C1CCNCC1. The molecule has 1 heterocycles. The number of hydrazine groups is 1. The number of nitrogens with two attached hydrogens (primary N) is 1. The van der Waals surface area contributed by atoms with E-state index >= 15 is 0 Å². The molecule has 0 aliphatic carbocycles. The molecule has 2 aromatic rings. The molecule has 0 aromatic heterocycles. The normalized spacial score (nSPS) is 14.8. The van der Waals surface area contributed by atoms with Gasteiger partial charge in [-0.2, -0.15) is 0 Å². The van der Waals surface area contributed by atoms with Gasteiger partial charge in [-0.15, -0.1) is 0 Å². The second-order valence-electron chi connectivity index (χ2n) is 6.71. The molecule has 3 N–H and O–H groups in total. The summed E-state index contributed by atoms with van der Waals surface area (Å²) in [5.74, 6) is 6.76. The molecule has 0 atom stereocenters. The summed E-state index contributed by atoms with van der Waals surface area (Å²) >= 11 is 0. The molecule has 0 bridgehead atoms. The lowest BCUT2D eigenvalue weighted by molar-refractivity contribution is -0.137. The smallest absolute Gasteiger partial charge is 0.239 e. The van der Waals surface area contributed by atoms with Gasteiger partial charge in [0.2, 0.25) is 5.91 Å². The summed E-state index contributed by atoms with van der Waals surface area (Å²) in [5.41, 5.74) is 2.53. The molecule has 5 heteroatoms. The third-order valence-corrected chi connectivity index (χ3v) is 4.75. The molecule has 1 aliphatic rings. The van der Waals surface area contributed by atoms with Crippen molar-refractivity contribution in [2.75, 3.05) is 26.2 Å². The second-order valence-corrected chi connectivity index (χ2v) is 6.71. The molecule has 1 saturated heterocycles. The Labute approximate surface area is 155 Å². The van der Waals surface area contributed by atoms with Gasteiger partial charge in [0.25, 0.3) is 0 Å². The van der Waals surface area contributed by atoms with Crippen LogP contribution in [0.25, 0.3) is 0 Å². The zero-order valence-corrected chi connectivity index (χ0v) is 15.1. The van der Waals surface area contributed by atoms with E-state index in [0.717, 1.165) is 38.1 Å². The first-order valence-corrected chi connectivity index (χ1v) is 9.25. The van der Waals surface area contributed by atoms with Crippen molar-refractivity contribution in [2.24, 2.45) is 11.8 Å². The Morgan fingerprint density at radius 1 is 1.04 bits per heavy atom. The molecule has 0 saturated carbocycles. The van der Waals surface area contributed by atoms with E-state index in [4.69, 9.17) is 10.6 Å². The average Bonchev–Trinajstić information content (AvgIpc) is 2.70. The molecule has 3 rings (SSSR count). The van der Waals surface area contributed by atoms with Crippen LogP contribution in [0.1, 0.15) is 24.0 Å². The Bertz CT molecular complexity index is 682. The van der Waals surface area contributed by atoms with Crippen LogP contribution in [0.4, 0.5) is 0 Å². The number of nitrogens with one attached hydrogen (secondary N) is 1. The van der Waals surface area contributed by atoms with Crippen molar-refractivity contribution in [1.82, 2.24) is 10.3 Å². The molecule has 1 aliphatic heterocycles. The van der Waals surface area contributed by atoms with Gasteiger partial charge in [0.15, 0.2) is 0 Å². The second kappa shape index (κ2) is 9.36. The molecule has 2 aromatic carbocycles. The molecular formula is C21H27N3O2. The van der Waals surface area contributed by atoms with Gasteiger partial charge >= 0.3 is 0 Å². The maximum Gasteiger partial charge on any atom is 0.239 e. The first-order valence-electron chi connectivity index (χ1n) is 9.25. The van der Waals surface area contributed by atoms with Crippen LogP contribution in [0.2, 0.25) is 0 Å². The predicted molar refractivity (Wildman–Crippen MR) is 103 cm³/mol. The topological polar surface area (TPSA) is 67.6 Å². The van der Waals surface area contributed by atoms with Gasteiger partial charge in [-0.25, -0.2) is 5.84 Å². The predicted octanol–water partition coefficient (Wildman–Crippen LogP) is 2.36. The van der Waals surface area contributed by atoms with E-state index < -0.39 is 0 Å². The van der Waals surface area contributed by atoms with Crippen molar-refractivity contribution in [2.45, 2.75) is 19.3 Å². The van der Waals surface area contributed by atoms with Gasteiger partial charge in [0.05, 0.1) is 6.54 Å². The number of carbonyl (C=O) groups is 1. The number of carbonyl (C=O) groups excluding carboxylic acids is 1. The number of hydrogen-bond acceptors (Lipinski definition) is 4. The first kappa shape index (κ1) is 18.4. The minimum absolute atomic E-state index is 0.0216. The van der Waals surface area contributed by atoms with Crippen molar-refractivity contribution < 1.29 is 9.53 Å². The van der Waals surface area contributed by atoms with E-state index in [9.17, 15) is 4.79 Å². The fourth-order valence-electron chi connectivity index (χ4n) is 3.21. The maximum atomic E-state index is 12.3. The Balaban J connectivity index is 1.42. The monoisotopic (exact) mass is 353 g/mol. The Morgan fingerprint density at radius 3 is 2.38 bits per heavy atom. The first-order chi connectivity index (χ1) is 12.7. The zero-order valence-electron chi connectivity index (χ0n) is 15.1. The number of rotatable bonds is 7. The van der Waals surface area contributed by atoms with Gasteiger partial charge in [-0.3, -0.25) is 9.80 Å². The van der Waals surface area contributed by atoms with Crippen LogP contribution in [-0.4, -0.2) is 37.2 Å². The summed E-state index contributed by atoms with van der Waals surface area (Å²) in [6.07, 6.45) is 2.62. The third-order valence-electron chi connectivity index (χ3n) is 4.75. The summed E-state index contributed by atoms with van der Waals surface area (Å²) in [5, 5.41) is 4.56. The molecule has 26 heavy (non-hydrogen) atoms. The molecule has 138 valence electrons. The molecule has 0 radical (unpaired) electrons. The lowest BCUT2D eigenvalue weighted by Gasteiger charge is -2.26. The van der Waals surface area contributed by atoms with E-state index in [1.54, 1.807) is 0 Å². The van der Waals surface area contributed by atoms with Gasteiger partial charge in [-0.1, -0.05) is 42.5 Å². The van der Waals surface area contributed by atoms with Gasteiger partial charge in [0.1, 0.15) is 12.4 Å². The Morgan fingerprint density at radius 2 is 1.69 bits per heavy atom. The number of benzene rings is 2. The number of ether oxygens (including phenoxy) is 1. The van der Waals surface area contributed by atoms with Crippen LogP contribution in [0.5, 0.6) is 5.75 Å². The van der Waals surface area contributed by atoms with E-state index in [-0.39, 0.29) is 11.8 Å². The third kappa shape index (κ3) is 5.31. The van der Waals surface area contributed by atoms with E-state index in [1.807, 2.05) is 18.2 Å². The maximum absolute atomic E-state index is 12.3. The fraction of sp³-hybridized carbons (Fsp3) is 0.381. The van der Waals surface area contributed by atoms with Gasteiger partial charge in [-0.05, 0) is 55.6 Å². The van der Waals surface area contributed by atoms with Crippen LogP contribution >= 0.6 is 0 Å². The Kier molecular flexibility index (Phi) is 6.63. The Hall–Kier alpha value is -2.37. The summed E-state index contributed by atoms with van der Waals surface area (Å²) in [6.45, 7) is 2.56. The quantitative estimate of drug-likeness (QED) is 0.456. The highest BCUT2D eigenvalue weighted by molar-refractivity contribution is 5.78. The van der Waals surface area contributed by atoms with E-state index in [2.05, 4.69) is 41.7 Å². The van der Waals surface area contributed by atoms with Crippen molar-refractivity contribution in [3.8, 4) is 5.75 Å². The van der Waals surface area contributed by atoms with Crippen LogP contribution in [-0.2, 0) is 11.2 Å². The van der Waals surface area contributed by atoms with Crippen molar-refractivity contribution in [3.63, 3.8) is 0 Å². The van der Waals surface area contributed by atoms with Gasteiger partial charge in [0, 0.05) is 5.92 Å². The highest BCUT2D eigenvalue weighted by Crippen LogP contribution is 2.16. The van der Waals surface area contributed by atoms with Crippen LogP contribution in [0, 0.1) is 5.92 Å². The summed E-state index contributed by atoms with van der Waals surface area (Å²) in [4.78, 5) is 12.3. The van der Waals surface area contributed by atoms with E-state index in [0.29, 0.717) is 13.2 Å². The molecule has 0 unspecified atom stereocenters. The molecule has 5 nitrogen and oxygen atoms in total. The average molecular weight is 353 g/mol. The summed E-state index contributed by atoms with van der Waals surface area (Å²) < 4.78 is 5.73. The van der Waals surface area contributed by atoms with Crippen LogP contribution in [0.3, 0.4) is 0 Å². The zero-order chi connectivity index (χ0) is 18.2. The molecule has 0 spiro atoms. The van der Waals surface area contributed by atoms with Crippen molar-refractivity contribution in [1.29, 1.82) is 0 Å². The van der Waals surface area contributed by atoms with Crippen LogP contribution < -0.4 is 15.9 Å². The van der Waals surface area contributed by atoms with E-state index in [1.165, 1.54) is 16.1 Å². The van der Waals surface area contributed by atoms with Gasteiger partial charge < -0.3 is 10.1 Å². The number of amides is 1. The lowest BCUT2D eigenvalue weighted by Crippen LogP contribution is -2.46. The minimum Gasteiger partial charge on any atom is -0.492 e. The number of piperidine rings is 1. The standard InChI is InChI=1S/C21H27N3O2/c22-24(21(25)19-10-12-23-13-11-19)14-15-26-20-8-6-18(7-9-20)16-17-4-2-1-3-5-17/h1-9,19,23H,10-16,22H2. The highest BCUT2D eigenvalue weighted by Gasteiger charge is 2.24. The number of hydrogen-bond donors (Lipinski definition) is 2. The van der Waals surface area contributed by atoms with Crippen molar-refractivity contribution in [3.05, 3.63) is 65.7 Å². The fourth-order valence-corrected chi connectivity index (χ4v) is 3.21. The van der Waals surface area contributed by atoms with Crippen LogP contribution in [0.15, 0.2) is 54.6 Å².